The zero-order chi connectivity index (χ0) is 21.0. The normalized spacial score (nSPS) is 17.3. The molecular formula is C18H15N5O5S. The van der Waals surface area contributed by atoms with Crippen molar-refractivity contribution in [3.05, 3.63) is 64.2 Å². The number of benzene rings is 2. The Morgan fingerprint density at radius 1 is 1.28 bits per heavy atom. The molecule has 1 fully saturated rings. The summed E-state index contributed by atoms with van der Waals surface area (Å²) in [6.45, 7) is 0. The number of carbonyl (C=O) groups excluding carboxylic acids is 2. The number of amidine groups is 1. The Hall–Kier alpha value is -3.73. The number of nitro groups is 1. The second-order valence-electron chi connectivity index (χ2n) is 5.93. The van der Waals surface area contributed by atoms with E-state index in [0.717, 1.165) is 16.7 Å². The average molecular weight is 413 g/mol. The molecule has 2 aromatic carbocycles. The van der Waals surface area contributed by atoms with Crippen molar-refractivity contribution in [3.8, 4) is 5.75 Å². The van der Waals surface area contributed by atoms with E-state index in [1.165, 1.54) is 42.6 Å². The first-order valence-electron chi connectivity index (χ1n) is 8.28. The minimum Gasteiger partial charge on any atom is -0.508 e. The van der Waals surface area contributed by atoms with Gasteiger partial charge in [-0.3, -0.25) is 19.7 Å². The molecule has 0 aliphatic carbocycles. The molecule has 1 saturated heterocycles. The highest BCUT2D eigenvalue weighted by molar-refractivity contribution is 8.14. The van der Waals surface area contributed by atoms with Crippen molar-refractivity contribution >= 4 is 46.3 Å². The van der Waals surface area contributed by atoms with Crippen LogP contribution in [0.15, 0.2) is 58.7 Å². The molecule has 3 N–H and O–H groups in total. The summed E-state index contributed by atoms with van der Waals surface area (Å²) in [5.74, 6) is -0.881. The molecular weight excluding hydrogens is 398 g/mol. The van der Waals surface area contributed by atoms with Gasteiger partial charge >= 0.3 is 0 Å². The molecule has 1 aliphatic rings. The van der Waals surface area contributed by atoms with Crippen molar-refractivity contribution in [2.45, 2.75) is 11.7 Å². The van der Waals surface area contributed by atoms with Crippen molar-refractivity contribution in [3.63, 3.8) is 0 Å². The summed E-state index contributed by atoms with van der Waals surface area (Å²) in [5, 5.41) is 27.0. The quantitative estimate of drug-likeness (QED) is 0.250. The van der Waals surface area contributed by atoms with E-state index >= 15 is 0 Å². The number of thioether (sulfide) groups is 1. The molecule has 1 aliphatic heterocycles. The third-order valence-electron chi connectivity index (χ3n) is 3.92. The van der Waals surface area contributed by atoms with Crippen LogP contribution in [0, 0.1) is 10.1 Å². The van der Waals surface area contributed by atoms with E-state index in [9.17, 15) is 24.8 Å². The SMILES string of the molecule is NC(=N/N=C/c1ccc(O)cc1)SC1CC(=O)N(c2cccc([N+](=O)[O-])c2)C1=O. The number of nitrogens with zero attached hydrogens (tertiary/aromatic N) is 4. The van der Waals surface area contributed by atoms with E-state index in [-0.39, 0.29) is 28.7 Å². The Labute approximate surface area is 168 Å². The fraction of sp³-hybridized carbons (Fsp3) is 0.111. The maximum atomic E-state index is 12.6. The Bertz CT molecular complexity index is 1020. The minimum absolute atomic E-state index is 0.00734. The number of nitrogens with two attached hydrogens (primary N) is 1. The first-order valence-corrected chi connectivity index (χ1v) is 9.16. The van der Waals surface area contributed by atoms with Crippen LogP contribution in [0.5, 0.6) is 5.75 Å². The van der Waals surface area contributed by atoms with Crippen molar-refractivity contribution in [2.24, 2.45) is 15.9 Å². The fourth-order valence-electron chi connectivity index (χ4n) is 2.60. The highest BCUT2D eigenvalue weighted by Gasteiger charge is 2.41. The van der Waals surface area contributed by atoms with Gasteiger partial charge in [0.2, 0.25) is 11.8 Å². The lowest BCUT2D eigenvalue weighted by atomic mass is 10.2. The van der Waals surface area contributed by atoms with E-state index in [1.54, 1.807) is 12.1 Å². The van der Waals surface area contributed by atoms with Gasteiger partial charge in [-0.15, -0.1) is 5.10 Å². The lowest BCUT2D eigenvalue weighted by molar-refractivity contribution is -0.384. The number of phenolic OH excluding ortho intramolecular Hbond substituents is 1. The number of nitro benzene ring substituents is 1. The van der Waals surface area contributed by atoms with Crippen molar-refractivity contribution in [1.29, 1.82) is 0 Å². The molecule has 0 radical (unpaired) electrons. The molecule has 11 heteroatoms. The molecule has 29 heavy (non-hydrogen) atoms. The van der Waals surface area contributed by atoms with Crippen molar-refractivity contribution in [2.75, 3.05) is 4.90 Å². The summed E-state index contributed by atoms with van der Waals surface area (Å²) >= 11 is 0.894. The number of hydrogen-bond donors (Lipinski definition) is 2. The predicted molar refractivity (Wildman–Crippen MR) is 109 cm³/mol. The van der Waals surface area contributed by atoms with Gasteiger partial charge in [0.05, 0.1) is 16.8 Å². The molecule has 0 saturated carbocycles. The molecule has 2 amide bonds. The van der Waals surface area contributed by atoms with Gasteiger partial charge in [-0.25, -0.2) is 4.90 Å². The second kappa shape index (κ2) is 8.52. The Kier molecular flexibility index (Phi) is 5.88. The Balaban J connectivity index is 1.68. The zero-order valence-corrected chi connectivity index (χ0v) is 15.7. The fourth-order valence-corrected chi connectivity index (χ4v) is 3.41. The summed E-state index contributed by atoms with van der Waals surface area (Å²) in [7, 11) is 0. The molecule has 0 aromatic heterocycles. The van der Waals surface area contributed by atoms with Gasteiger partial charge in [-0.2, -0.15) is 5.10 Å². The Morgan fingerprint density at radius 3 is 2.69 bits per heavy atom. The number of phenols is 1. The van der Waals surface area contributed by atoms with Gasteiger partial charge in [-0.1, -0.05) is 17.8 Å². The molecule has 0 spiro atoms. The molecule has 2 aromatic rings. The largest absolute Gasteiger partial charge is 0.508 e. The third-order valence-corrected chi connectivity index (χ3v) is 4.90. The molecule has 0 bridgehead atoms. The van der Waals surface area contributed by atoms with Gasteiger partial charge in [0.15, 0.2) is 5.17 Å². The first-order chi connectivity index (χ1) is 13.8. The van der Waals surface area contributed by atoms with Crippen LogP contribution in [0.3, 0.4) is 0 Å². The van der Waals surface area contributed by atoms with Crippen LogP contribution in [0.2, 0.25) is 0 Å². The first kappa shape index (κ1) is 20.0. The van der Waals surface area contributed by atoms with Crippen LogP contribution in [-0.2, 0) is 9.59 Å². The van der Waals surface area contributed by atoms with Crippen molar-refractivity contribution < 1.29 is 19.6 Å². The van der Waals surface area contributed by atoms with Crippen LogP contribution >= 0.6 is 11.8 Å². The minimum atomic E-state index is -0.797. The summed E-state index contributed by atoms with van der Waals surface area (Å²) in [6, 6.07) is 11.6. The molecule has 1 heterocycles. The van der Waals surface area contributed by atoms with E-state index < -0.39 is 22.0 Å². The van der Waals surface area contributed by atoms with Crippen LogP contribution in [-0.4, -0.2) is 38.5 Å². The van der Waals surface area contributed by atoms with Crippen LogP contribution in [0.25, 0.3) is 0 Å². The number of hydrogen-bond acceptors (Lipinski definition) is 8. The number of amides is 2. The number of non-ortho nitro benzene ring substituents is 1. The van der Waals surface area contributed by atoms with Gasteiger partial charge in [0.25, 0.3) is 5.69 Å². The van der Waals surface area contributed by atoms with Gasteiger partial charge in [0, 0.05) is 18.6 Å². The smallest absolute Gasteiger partial charge is 0.271 e. The lowest BCUT2D eigenvalue weighted by Crippen LogP contribution is -2.31. The second-order valence-corrected chi connectivity index (χ2v) is 7.15. The molecule has 10 nitrogen and oxygen atoms in total. The highest BCUT2D eigenvalue weighted by Crippen LogP contribution is 2.31. The average Bonchev–Trinajstić information content (AvgIpc) is 2.96. The lowest BCUT2D eigenvalue weighted by Gasteiger charge is -2.14. The van der Waals surface area contributed by atoms with E-state index in [1.807, 2.05) is 0 Å². The van der Waals surface area contributed by atoms with E-state index in [4.69, 9.17) is 5.73 Å². The van der Waals surface area contributed by atoms with Crippen LogP contribution in [0.4, 0.5) is 11.4 Å². The maximum Gasteiger partial charge on any atom is 0.271 e. The summed E-state index contributed by atoms with van der Waals surface area (Å²) in [6.07, 6.45) is 1.31. The van der Waals surface area contributed by atoms with Gasteiger partial charge in [-0.05, 0) is 35.9 Å². The van der Waals surface area contributed by atoms with E-state index in [0.29, 0.717) is 5.56 Å². The van der Waals surface area contributed by atoms with E-state index in [2.05, 4.69) is 10.2 Å². The zero-order valence-electron chi connectivity index (χ0n) is 14.8. The maximum absolute atomic E-state index is 12.6. The highest BCUT2D eigenvalue weighted by atomic mass is 32.2. The predicted octanol–water partition coefficient (Wildman–Crippen LogP) is 2.01. The number of aromatic hydroxyl groups is 1. The molecule has 1 unspecified atom stereocenters. The standard InChI is InChI=1S/C18H15N5O5S/c19-18(21-20-10-11-4-6-14(24)7-5-11)29-15-9-16(25)22(17(15)26)12-2-1-3-13(8-12)23(27)28/h1-8,10,15,24H,9H2,(H2,19,21)/b20-10+. The van der Waals surface area contributed by atoms with Crippen LogP contribution < -0.4 is 10.6 Å². The van der Waals surface area contributed by atoms with Crippen LogP contribution in [0.1, 0.15) is 12.0 Å². The Morgan fingerprint density at radius 2 is 2.00 bits per heavy atom. The monoisotopic (exact) mass is 413 g/mol. The van der Waals surface area contributed by atoms with Crippen molar-refractivity contribution in [1.82, 2.24) is 0 Å². The number of carbonyl (C=O) groups is 2. The number of imide groups is 1. The van der Waals surface area contributed by atoms with Gasteiger partial charge in [0.1, 0.15) is 11.0 Å². The third kappa shape index (κ3) is 4.76. The number of rotatable bonds is 5. The molecule has 3 rings (SSSR count). The topological polar surface area (TPSA) is 151 Å². The summed E-state index contributed by atoms with van der Waals surface area (Å²) in [5.41, 5.74) is 6.39. The number of anilines is 1. The molecule has 1 atom stereocenters. The van der Waals surface area contributed by atoms with Gasteiger partial charge < -0.3 is 10.8 Å². The molecule has 148 valence electrons. The summed E-state index contributed by atoms with van der Waals surface area (Å²) < 4.78 is 0. The summed E-state index contributed by atoms with van der Waals surface area (Å²) in [4.78, 5) is 36.1.